The molecular formula is C21H12ClF3N6OS. The van der Waals surface area contributed by atoms with Crippen LogP contribution in [-0.2, 0) is 6.18 Å². The molecule has 7 nitrogen and oxygen atoms in total. The fourth-order valence-electron chi connectivity index (χ4n) is 3.62. The lowest BCUT2D eigenvalue weighted by molar-refractivity contribution is -0.136. The van der Waals surface area contributed by atoms with Crippen molar-refractivity contribution in [2.45, 2.75) is 11.4 Å². The van der Waals surface area contributed by atoms with Crippen LogP contribution >= 0.6 is 24.2 Å². The number of halogens is 4. The molecule has 5 aromatic rings. The Morgan fingerprint density at radius 2 is 1.85 bits per heavy atom. The van der Waals surface area contributed by atoms with Crippen molar-refractivity contribution in [3.05, 3.63) is 87.6 Å². The van der Waals surface area contributed by atoms with Crippen LogP contribution in [0.2, 0.25) is 5.02 Å². The van der Waals surface area contributed by atoms with Gasteiger partial charge in [-0.3, -0.25) is 9.36 Å². The first-order chi connectivity index (χ1) is 15.8. The van der Waals surface area contributed by atoms with Crippen LogP contribution in [0.5, 0.6) is 0 Å². The fraction of sp³-hybridized carbons (Fsp3) is 0.0952. The molecular weight excluding hydrogens is 477 g/mol. The Labute approximate surface area is 193 Å². The second kappa shape index (κ2) is 7.85. The van der Waals surface area contributed by atoms with E-state index in [1.165, 1.54) is 24.8 Å². The molecule has 5 rings (SSSR count). The zero-order valence-corrected chi connectivity index (χ0v) is 18.0. The first kappa shape index (κ1) is 21.4. The number of H-pyrrole nitrogens is 1. The summed E-state index contributed by atoms with van der Waals surface area (Å²) in [6.07, 6.45) is -2.06. The molecule has 3 heterocycles. The molecule has 33 heavy (non-hydrogen) atoms. The number of aromatic amines is 1. The smallest absolute Gasteiger partial charge is 0.342 e. The molecule has 0 aliphatic carbocycles. The van der Waals surface area contributed by atoms with E-state index in [-0.39, 0.29) is 27.6 Å². The Kier molecular flexibility index (Phi) is 5.09. The van der Waals surface area contributed by atoms with Gasteiger partial charge in [0.25, 0.3) is 5.56 Å². The van der Waals surface area contributed by atoms with Crippen molar-refractivity contribution in [3.8, 4) is 5.69 Å². The maximum Gasteiger partial charge on any atom is 0.418 e. The summed E-state index contributed by atoms with van der Waals surface area (Å²) in [4.78, 5) is 33.1. The average Bonchev–Trinajstić information content (AvgIpc) is 3.27. The number of rotatable bonds is 3. The normalized spacial score (nSPS) is 13.0. The lowest BCUT2D eigenvalue weighted by atomic mass is 10.1. The summed E-state index contributed by atoms with van der Waals surface area (Å²) in [5, 5.41) is -1.02. The van der Waals surface area contributed by atoms with Crippen LogP contribution in [0.25, 0.3) is 27.8 Å². The lowest BCUT2D eigenvalue weighted by Crippen LogP contribution is -2.26. The van der Waals surface area contributed by atoms with E-state index in [2.05, 4.69) is 37.5 Å². The van der Waals surface area contributed by atoms with E-state index < -0.39 is 28.1 Å². The van der Waals surface area contributed by atoms with Crippen molar-refractivity contribution in [1.82, 2.24) is 29.5 Å². The van der Waals surface area contributed by atoms with Crippen LogP contribution in [0.15, 0.2) is 59.9 Å². The maximum atomic E-state index is 13.7. The molecule has 2 aromatic carbocycles. The number of aromatic nitrogens is 6. The zero-order chi connectivity index (χ0) is 23.3. The van der Waals surface area contributed by atoms with E-state index in [0.29, 0.717) is 11.2 Å². The second-order valence-electron chi connectivity index (χ2n) is 7.02. The number of fused-ring (bicyclic) bond motifs is 2. The van der Waals surface area contributed by atoms with Gasteiger partial charge in [-0.05, 0) is 24.3 Å². The monoisotopic (exact) mass is 488 g/mol. The van der Waals surface area contributed by atoms with E-state index >= 15 is 0 Å². The summed E-state index contributed by atoms with van der Waals surface area (Å²) in [5.74, 6) is -0.0877. The van der Waals surface area contributed by atoms with Gasteiger partial charge >= 0.3 is 6.18 Å². The van der Waals surface area contributed by atoms with Crippen molar-refractivity contribution < 1.29 is 13.2 Å². The molecule has 0 aliphatic rings. The predicted octanol–water partition coefficient (Wildman–Crippen LogP) is 4.74. The Balaban J connectivity index is 1.90. The van der Waals surface area contributed by atoms with Crippen molar-refractivity contribution in [2.24, 2.45) is 0 Å². The third-order valence-electron chi connectivity index (χ3n) is 5.08. The predicted molar refractivity (Wildman–Crippen MR) is 120 cm³/mol. The van der Waals surface area contributed by atoms with E-state index in [4.69, 9.17) is 11.6 Å². The quantitative estimate of drug-likeness (QED) is 0.358. The highest BCUT2D eigenvalue weighted by Gasteiger charge is 2.35. The number of nitrogens with zero attached hydrogens (tertiary/aromatic N) is 5. The van der Waals surface area contributed by atoms with Gasteiger partial charge in [0.05, 0.1) is 39.2 Å². The molecule has 1 unspecified atom stereocenters. The van der Waals surface area contributed by atoms with Crippen molar-refractivity contribution in [3.63, 3.8) is 0 Å². The molecule has 0 fully saturated rings. The van der Waals surface area contributed by atoms with E-state index in [9.17, 15) is 18.0 Å². The fourth-order valence-corrected chi connectivity index (χ4v) is 4.21. The Morgan fingerprint density at radius 3 is 2.61 bits per heavy atom. The third kappa shape index (κ3) is 3.53. The number of nitrogens with one attached hydrogen (secondary N) is 1. The lowest BCUT2D eigenvalue weighted by Gasteiger charge is -2.20. The molecule has 1 N–H and O–H groups in total. The Hall–Kier alpha value is -3.44. The third-order valence-corrected chi connectivity index (χ3v) is 5.87. The van der Waals surface area contributed by atoms with Gasteiger partial charge in [-0.15, -0.1) is 0 Å². The van der Waals surface area contributed by atoms with Gasteiger partial charge in [0.2, 0.25) is 0 Å². The highest BCUT2D eigenvalue weighted by Crippen LogP contribution is 2.36. The summed E-state index contributed by atoms with van der Waals surface area (Å²) < 4.78 is 42.4. The molecule has 166 valence electrons. The minimum atomic E-state index is -4.72. The molecule has 1 atom stereocenters. The molecule has 0 amide bonds. The van der Waals surface area contributed by atoms with Crippen LogP contribution in [0.3, 0.4) is 0 Å². The minimum absolute atomic E-state index is 0.0877. The Morgan fingerprint density at radius 1 is 1.06 bits per heavy atom. The summed E-state index contributed by atoms with van der Waals surface area (Å²) in [7, 11) is 0. The molecule has 12 heteroatoms. The number of para-hydroxylation sites is 2. The van der Waals surface area contributed by atoms with Gasteiger partial charge < -0.3 is 4.98 Å². The number of hydrogen-bond donors (Lipinski definition) is 2. The molecule has 3 aromatic heterocycles. The van der Waals surface area contributed by atoms with E-state index in [1.54, 1.807) is 24.3 Å². The largest absolute Gasteiger partial charge is 0.418 e. The minimum Gasteiger partial charge on any atom is -0.342 e. The van der Waals surface area contributed by atoms with E-state index in [1.807, 2.05) is 0 Å². The first-order valence-electron chi connectivity index (χ1n) is 9.47. The molecule has 0 saturated heterocycles. The summed E-state index contributed by atoms with van der Waals surface area (Å²) in [6, 6.07) is 9.80. The molecule has 0 saturated carbocycles. The van der Waals surface area contributed by atoms with Crippen LogP contribution < -0.4 is 5.56 Å². The number of hydrogen-bond acceptors (Lipinski definition) is 6. The number of alkyl halides is 3. The van der Waals surface area contributed by atoms with Gasteiger partial charge in [-0.25, -0.2) is 19.9 Å². The second-order valence-corrected chi connectivity index (χ2v) is 7.95. The van der Waals surface area contributed by atoms with Gasteiger partial charge in [0.15, 0.2) is 5.65 Å². The Bertz CT molecular complexity index is 1580. The van der Waals surface area contributed by atoms with Crippen molar-refractivity contribution >= 4 is 46.3 Å². The van der Waals surface area contributed by atoms with Gasteiger partial charge in [0, 0.05) is 0 Å². The SMILES string of the molecule is O=c1c2cccc(C(F)(F)F)c2nc(C(S)c2ncnc3nc[nH]c23)n1-c1ccccc1Cl. The van der Waals surface area contributed by atoms with Crippen LogP contribution in [0.1, 0.15) is 22.3 Å². The number of imidazole rings is 1. The number of benzene rings is 2. The summed E-state index contributed by atoms with van der Waals surface area (Å²) in [5.41, 5.74) is -0.938. The van der Waals surface area contributed by atoms with Crippen LogP contribution in [0.4, 0.5) is 13.2 Å². The van der Waals surface area contributed by atoms with Crippen molar-refractivity contribution in [1.29, 1.82) is 0 Å². The highest BCUT2D eigenvalue weighted by atomic mass is 35.5. The maximum absolute atomic E-state index is 13.7. The number of thiol groups is 1. The van der Waals surface area contributed by atoms with Crippen LogP contribution in [0, 0.1) is 0 Å². The first-order valence-corrected chi connectivity index (χ1v) is 10.4. The molecule has 0 spiro atoms. The zero-order valence-electron chi connectivity index (χ0n) is 16.4. The molecule has 0 aliphatic heterocycles. The molecule has 0 radical (unpaired) electrons. The standard InChI is InChI=1S/C21H12ClF3N6OS/c22-12-6-1-2-7-13(12)31-19(17(33)15-16-18(28-8-26-15)29-9-27-16)30-14-10(20(31)32)4-3-5-11(14)21(23,24)25/h1-9,17,33H,(H,26,27,28,29). The average molecular weight is 489 g/mol. The van der Waals surface area contributed by atoms with Gasteiger partial charge in [-0.1, -0.05) is 29.8 Å². The van der Waals surface area contributed by atoms with Gasteiger partial charge in [-0.2, -0.15) is 25.8 Å². The topological polar surface area (TPSA) is 89.3 Å². The molecule has 0 bridgehead atoms. The van der Waals surface area contributed by atoms with Crippen LogP contribution in [-0.4, -0.2) is 29.5 Å². The summed E-state index contributed by atoms with van der Waals surface area (Å²) in [6.45, 7) is 0. The van der Waals surface area contributed by atoms with Gasteiger partial charge in [0.1, 0.15) is 22.9 Å². The summed E-state index contributed by atoms with van der Waals surface area (Å²) >= 11 is 11.0. The van der Waals surface area contributed by atoms with E-state index in [0.717, 1.165) is 10.6 Å². The van der Waals surface area contributed by atoms with Crippen molar-refractivity contribution in [2.75, 3.05) is 0 Å². The highest BCUT2D eigenvalue weighted by molar-refractivity contribution is 7.80.